The smallest absolute Gasteiger partial charge is 0.326 e. The number of para-hydroxylation sites is 1. The fourth-order valence-corrected chi connectivity index (χ4v) is 4.55. The maximum absolute atomic E-state index is 13.1. The van der Waals surface area contributed by atoms with E-state index in [4.69, 9.17) is 4.74 Å². The number of ether oxygens (including phenoxy) is 1. The Labute approximate surface area is 246 Å². The molecule has 7 heteroatoms. The predicted molar refractivity (Wildman–Crippen MR) is 165 cm³/mol. The fraction of sp³-hybridized carbons (Fsp3) is 0.229. The first-order valence-corrected chi connectivity index (χ1v) is 14.0. The predicted octanol–water partition coefficient (Wildman–Crippen LogP) is 6.40. The summed E-state index contributed by atoms with van der Waals surface area (Å²) in [5.41, 5.74) is 4.16. The van der Waals surface area contributed by atoms with Crippen LogP contribution in [0.5, 0.6) is 5.75 Å². The standard InChI is InChI=1S/C35H36N2O5/c1-24(2)34(39)37(28-17-13-25(3)14-18-28)21-22-42-29-19-15-26(16-20-29)23-32(35(40)41)36-31-12-8-7-11-30(31)33(38)27-9-5-4-6-10-27/h4-20,24,32,36H,21-23H2,1-3H3,(H,40,41)/t32-/m0/s1. The SMILES string of the molecule is Cc1ccc(N(CCOc2ccc(C[C@H](Nc3ccccc3C(=O)c3ccccc3)C(=O)O)cc2)C(=O)C(C)C)cc1. The normalized spacial score (nSPS) is 11.5. The Morgan fingerprint density at radius 2 is 1.48 bits per heavy atom. The highest BCUT2D eigenvalue weighted by molar-refractivity contribution is 6.12. The maximum atomic E-state index is 13.1. The van der Waals surface area contributed by atoms with Crippen molar-refractivity contribution >= 4 is 29.0 Å². The number of nitrogens with zero attached hydrogens (tertiary/aromatic N) is 1. The molecule has 0 aliphatic heterocycles. The molecule has 0 unspecified atom stereocenters. The molecule has 1 atom stereocenters. The van der Waals surface area contributed by atoms with Crippen molar-refractivity contribution in [3.05, 3.63) is 125 Å². The van der Waals surface area contributed by atoms with E-state index in [-0.39, 0.29) is 24.0 Å². The molecular weight excluding hydrogens is 528 g/mol. The van der Waals surface area contributed by atoms with Gasteiger partial charge < -0.3 is 20.1 Å². The van der Waals surface area contributed by atoms with Gasteiger partial charge in [0.15, 0.2) is 5.78 Å². The van der Waals surface area contributed by atoms with Gasteiger partial charge in [-0.15, -0.1) is 0 Å². The number of anilines is 2. The number of nitrogens with one attached hydrogen (secondary N) is 1. The van der Waals surface area contributed by atoms with Crippen LogP contribution in [-0.2, 0) is 16.0 Å². The fourth-order valence-electron chi connectivity index (χ4n) is 4.55. The van der Waals surface area contributed by atoms with Gasteiger partial charge >= 0.3 is 5.97 Å². The first-order valence-electron chi connectivity index (χ1n) is 14.0. The highest BCUT2D eigenvalue weighted by atomic mass is 16.5. The lowest BCUT2D eigenvalue weighted by atomic mass is 10.00. The highest BCUT2D eigenvalue weighted by Gasteiger charge is 2.22. The number of hydrogen-bond donors (Lipinski definition) is 2. The van der Waals surface area contributed by atoms with Gasteiger partial charge in [-0.05, 0) is 48.9 Å². The summed E-state index contributed by atoms with van der Waals surface area (Å²) in [7, 11) is 0. The summed E-state index contributed by atoms with van der Waals surface area (Å²) in [6.45, 7) is 6.46. The Hall–Kier alpha value is -4.91. The van der Waals surface area contributed by atoms with Crippen LogP contribution in [0.15, 0.2) is 103 Å². The van der Waals surface area contributed by atoms with Crippen molar-refractivity contribution < 1.29 is 24.2 Å². The Balaban J connectivity index is 1.39. The minimum absolute atomic E-state index is 0.0251. The highest BCUT2D eigenvalue weighted by Crippen LogP contribution is 2.22. The summed E-state index contributed by atoms with van der Waals surface area (Å²) < 4.78 is 5.94. The Morgan fingerprint density at radius 1 is 0.833 bits per heavy atom. The maximum Gasteiger partial charge on any atom is 0.326 e. The molecule has 42 heavy (non-hydrogen) atoms. The van der Waals surface area contributed by atoms with E-state index in [1.54, 1.807) is 65.6 Å². The van der Waals surface area contributed by atoms with Crippen LogP contribution in [0.4, 0.5) is 11.4 Å². The van der Waals surface area contributed by atoms with Gasteiger partial charge in [0.05, 0.1) is 6.54 Å². The number of carboxylic acid groups (broad SMARTS) is 1. The molecule has 0 heterocycles. The van der Waals surface area contributed by atoms with Gasteiger partial charge in [0.2, 0.25) is 5.91 Å². The average molecular weight is 565 g/mol. The van der Waals surface area contributed by atoms with Gasteiger partial charge in [-0.2, -0.15) is 0 Å². The van der Waals surface area contributed by atoms with Crippen LogP contribution in [0.25, 0.3) is 0 Å². The van der Waals surface area contributed by atoms with Gasteiger partial charge in [-0.1, -0.05) is 86.1 Å². The number of carbonyl (C=O) groups is 3. The monoisotopic (exact) mass is 564 g/mol. The van der Waals surface area contributed by atoms with Crippen LogP contribution >= 0.6 is 0 Å². The van der Waals surface area contributed by atoms with Gasteiger partial charge in [0.1, 0.15) is 18.4 Å². The van der Waals surface area contributed by atoms with Crippen LogP contribution < -0.4 is 15.0 Å². The molecular formula is C35H36N2O5. The molecule has 0 aliphatic rings. The van der Waals surface area contributed by atoms with E-state index in [2.05, 4.69) is 5.32 Å². The molecule has 0 saturated heterocycles. The lowest BCUT2D eigenvalue weighted by Gasteiger charge is -2.25. The van der Waals surface area contributed by atoms with E-state index in [1.807, 2.05) is 63.2 Å². The number of hydrogen-bond acceptors (Lipinski definition) is 5. The minimum Gasteiger partial charge on any atom is -0.492 e. The van der Waals surface area contributed by atoms with E-state index in [0.29, 0.717) is 35.7 Å². The van der Waals surface area contributed by atoms with Crippen molar-refractivity contribution in [3.8, 4) is 5.75 Å². The molecule has 1 amide bonds. The molecule has 7 nitrogen and oxygen atoms in total. The van der Waals surface area contributed by atoms with Crippen molar-refractivity contribution in [2.24, 2.45) is 5.92 Å². The summed E-state index contributed by atoms with van der Waals surface area (Å²) in [5.74, 6) is -0.705. The Bertz CT molecular complexity index is 1500. The molecule has 2 N–H and O–H groups in total. The molecule has 0 fully saturated rings. The third kappa shape index (κ3) is 7.85. The number of carboxylic acids is 1. The molecule has 0 bridgehead atoms. The Morgan fingerprint density at radius 3 is 2.12 bits per heavy atom. The van der Waals surface area contributed by atoms with Crippen LogP contribution in [0.1, 0.15) is 40.9 Å². The Kier molecular flexibility index (Phi) is 10.1. The van der Waals surface area contributed by atoms with E-state index in [9.17, 15) is 19.5 Å². The van der Waals surface area contributed by atoms with Crippen molar-refractivity contribution in [1.29, 1.82) is 0 Å². The number of rotatable bonds is 13. The molecule has 0 spiro atoms. The summed E-state index contributed by atoms with van der Waals surface area (Å²) in [6.07, 6.45) is 0.202. The zero-order chi connectivity index (χ0) is 30.1. The largest absolute Gasteiger partial charge is 0.492 e. The first-order chi connectivity index (χ1) is 20.2. The molecule has 0 aromatic heterocycles. The zero-order valence-corrected chi connectivity index (χ0v) is 24.1. The van der Waals surface area contributed by atoms with Crippen molar-refractivity contribution in [1.82, 2.24) is 0 Å². The number of carbonyl (C=O) groups excluding carboxylic acids is 2. The lowest BCUT2D eigenvalue weighted by molar-refractivity contribution is -0.137. The minimum atomic E-state index is -1.02. The lowest BCUT2D eigenvalue weighted by Crippen LogP contribution is -2.37. The summed E-state index contributed by atoms with van der Waals surface area (Å²) in [5, 5.41) is 13.0. The van der Waals surface area contributed by atoms with Gasteiger partial charge in [-0.3, -0.25) is 9.59 Å². The third-order valence-corrected chi connectivity index (χ3v) is 6.89. The number of amides is 1. The number of aryl methyl sites for hydroxylation is 1. The van der Waals surface area contributed by atoms with E-state index in [1.165, 1.54) is 0 Å². The number of aliphatic carboxylic acids is 1. The first kappa shape index (κ1) is 30.1. The second-order valence-electron chi connectivity index (χ2n) is 10.5. The van der Waals surface area contributed by atoms with Crippen molar-refractivity contribution in [2.75, 3.05) is 23.4 Å². The van der Waals surface area contributed by atoms with Crippen LogP contribution in [0.3, 0.4) is 0 Å². The van der Waals surface area contributed by atoms with Crippen LogP contribution in [0, 0.1) is 12.8 Å². The molecule has 4 rings (SSSR count). The summed E-state index contributed by atoms with van der Waals surface area (Å²) >= 11 is 0. The van der Waals surface area contributed by atoms with Crippen LogP contribution in [-0.4, -0.2) is 42.0 Å². The molecule has 4 aromatic rings. The summed E-state index contributed by atoms with van der Waals surface area (Å²) in [6, 6.07) is 30.0. The second kappa shape index (κ2) is 14.1. The molecule has 0 saturated carbocycles. The quantitative estimate of drug-likeness (QED) is 0.182. The number of benzene rings is 4. The molecule has 4 aromatic carbocycles. The van der Waals surface area contributed by atoms with E-state index >= 15 is 0 Å². The molecule has 0 radical (unpaired) electrons. The summed E-state index contributed by atoms with van der Waals surface area (Å²) in [4.78, 5) is 39.8. The van der Waals surface area contributed by atoms with Gasteiger partial charge in [0, 0.05) is 34.8 Å². The van der Waals surface area contributed by atoms with Crippen molar-refractivity contribution in [2.45, 2.75) is 33.2 Å². The second-order valence-corrected chi connectivity index (χ2v) is 10.5. The van der Waals surface area contributed by atoms with E-state index < -0.39 is 12.0 Å². The zero-order valence-electron chi connectivity index (χ0n) is 24.1. The van der Waals surface area contributed by atoms with Gasteiger partial charge in [-0.25, -0.2) is 4.79 Å². The van der Waals surface area contributed by atoms with Gasteiger partial charge in [0.25, 0.3) is 0 Å². The third-order valence-electron chi connectivity index (χ3n) is 6.89. The van der Waals surface area contributed by atoms with E-state index in [0.717, 1.165) is 16.8 Å². The van der Waals surface area contributed by atoms with Crippen molar-refractivity contribution in [3.63, 3.8) is 0 Å². The molecule has 216 valence electrons. The van der Waals surface area contributed by atoms with Crippen LogP contribution in [0.2, 0.25) is 0 Å². The molecule has 0 aliphatic carbocycles. The topological polar surface area (TPSA) is 95.9 Å². The average Bonchev–Trinajstić information content (AvgIpc) is 3.00. The number of ketones is 1.